The van der Waals surface area contributed by atoms with Crippen LogP contribution in [0.1, 0.15) is 29.2 Å². The molecule has 4 aromatic rings. The number of carbonyl (C=O) groups excluding carboxylic acids is 2. The topological polar surface area (TPSA) is 75.2 Å². The van der Waals surface area contributed by atoms with Crippen LogP contribution >= 0.6 is 35.8 Å². The molecule has 0 saturated carbocycles. The Morgan fingerprint density at radius 1 is 1.11 bits per heavy atom. The fourth-order valence-electron chi connectivity index (χ4n) is 4.30. The normalized spacial score (nSPS) is 20.2. The van der Waals surface area contributed by atoms with Gasteiger partial charge < -0.3 is 5.32 Å². The summed E-state index contributed by atoms with van der Waals surface area (Å²) in [7, 11) is 0. The number of carbonyl (C=O) groups is 2. The molecule has 0 radical (unpaired) electrons. The Balaban J connectivity index is 1.58. The first kappa shape index (κ1) is 23.5. The van der Waals surface area contributed by atoms with Crippen molar-refractivity contribution in [2.45, 2.75) is 17.9 Å². The van der Waals surface area contributed by atoms with Crippen LogP contribution in [0, 0.1) is 5.95 Å². The summed E-state index contributed by atoms with van der Waals surface area (Å²) in [5.41, 5.74) is 0.954. The zero-order valence-corrected chi connectivity index (χ0v) is 20.5. The van der Waals surface area contributed by atoms with Crippen molar-refractivity contribution in [1.29, 1.82) is 0 Å². The van der Waals surface area contributed by atoms with Gasteiger partial charge in [-0.2, -0.15) is 15.7 Å². The average Bonchev–Trinajstić information content (AvgIpc) is 3.40. The van der Waals surface area contributed by atoms with Crippen molar-refractivity contribution in [3.05, 3.63) is 105 Å². The molecule has 10 heteroatoms. The SMILES string of the molecule is O=C1CC(c2ccsc2)(c2cccc(Nc3ccc(F)nc3)n2)N(S)C(=O)C1c1ccccc1Cl. The maximum Gasteiger partial charge on any atom is 0.248 e. The van der Waals surface area contributed by atoms with Crippen molar-refractivity contribution >= 4 is 58.9 Å². The van der Waals surface area contributed by atoms with E-state index in [1.807, 2.05) is 16.8 Å². The molecular weight excluding hydrogens is 507 g/mol. The Morgan fingerprint density at radius 2 is 1.94 bits per heavy atom. The van der Waals surface area contributed by atoms with Gasteiger partial charge >= 0.3 is 0 Å². The molecule has 0 aliphatic carbocycles. The Kier molecular flexibility index (Phi) is 6.31. The Bertz CT molecular complexity index is 1400. The molecule has 4 heterocycles. The van der Waals surface area contributed by atoms with E-state index in [0.29, 0.717) is 27.8 Å². The highest BCUT2D eigenvalue weighted by molar-refractivity contribution is 7.78. The first-order valence-corrected chi connectivity index (χ1v) is 12.3. The highest BCUT2D eigenvalue weighted by atomic mass is 35.5. The highest BCUT2D eigenvalue weighted by Gasteiger charge is 2.53. The maximum absolute atomic E-state index is 13.7. The van der Waals surface area contributed by atoms with Gasteiger partial charge in [0.05, 0.1) is 17.6 Å². The van der Waals surface area contributed by atoms with Crippen molar-refractivity contribution in [2.24, 2.45) is 0 Å². The molecule has 1 fully saturated rings. The largest absolute Gasteiger partial charge is 0.339 e. The smallest absolute Gasteiger partial charge is 0.248 e. The third-order valence-electron chi connectivity index (χ3n) is 5.96. The monoisotopic (exact) mass is 524 g/mol. The van der Waals surface area contributed by atoms with Gasteiger partial charge in [0.25, 0.3) is 0 Å². The second kappa shape index (κ2) is 9.41. The first-order chi connectivity index (χ1) is 16.9. The van der Waals surface area contributed by atoms with E-state index >= 15 is 0 Å². The van der Waals surface area contributed by atoms with E-state index in [-0.39, 0.29) is 12.2 Å². The van der Waals surface area contributed by atoms with Crippen LogP contribution in [0.5, 0.6) is 0 Å². The van der Waals surface area contributed by atoms with E-state index in [2.05, 4.69) is 23.1 Å². The third-order valence-corrected chi connectivity index (χ3v) is 7.52. The molecule has 1 aliphatic heterocycles. The van der Waals surface area contributed by atoms with Crippen molar-refractivity contribution in [3.8, 4) is 0 Å². The Hall–Kier alpha value is -3.27. The lowest BCUT2D eigenvalue weighted by Crippen LogP contribution is -2.54. The number of aromatic nitrogens is 2. The molecule has 0 spiro atoms. The molecule has 2 atom stereocenters. The number of thiophene rings is 1. The number of pyridine rings is 2. The van der Waals surface area contributed by atoms with Crippen LogP contribution in [0.4, 0.5) is 15.9 Å². The second-order valence-electron chi connectivity index (χ2n) is 8.02. The van der Waals surface area contributed by atoms with Gasteiger partial charge in [0.1, 0.15) is 17.3 Å². The third kappa shape index (κ3) is 4.20. The van der Waals surface area contributed by atoms with E-state index in [1.54, 1.807) is 42.5 Å². The summed E-state index contributed by atoms with van der Waals surface area (Å²) in [6, 6.07) is 16.7. The van der Waals surface area contributed by atoms with Gasteiger partial charge in [-0.25, -0.2) is 9.97 Å². The molecule has 2 unspecified atom stereocenters. The standard InChI is InChI=1S/C25H18ClFN4O2S2/c26-18-5-2-1-4-17(18)23-19(32)12-25(31(34)24(23)33,15-10-11-35-14-15)20-6-3-7-22(30-20)29-16-8-9-21(27)28-13-16/h1-11,13-14,23,34H,12H2,(H,29,30). The number of halogens is 2. The van der Waals surface area contributed by atoms with Crippen LogP contribution in [-0.4, -0.2) is 26.0 Å². The molecule has 0 bridgehead atoms. The zero-order valence-electron chi connectivity index (χ0n) is 18.1. The summed E-state index contributed by atoms with van der Waals surface area (Å²) in [4.78, 5) is 35.6. The molecule has 35 heavy (non-hydrogen) atoms. The van der Waals surface area contributed by atoms with E-state index in [4.69, 9.17) is 16.6 Å². The van der Waals surface area contributed by atoms with Gasteiger partial charge in [-0.15, -0.1) is 0 Å². The van der Waals surface area contributed by atoms with Crippen molar-refractivity contribution in [2.75, 3.05) is 5.32 Å². The molecule has 1 saturated heterocycles. The summed E-state index contributed by atoms with van der Waals surface area (Å²) >= 11 is 12.4. The minimum absolute atomic E-state index is 0.0383. The van der Waals surface area contributed by atoms with Gasteiger partial charge in [0.15, 0.2) is 5.78 Å². The Labute approximate surface area is 215 Å². The molecule has 6 nitrogen and oxygen atoms in total. The molecular formula is C25H18ClFN4O2S2. The number of nitrogens with zero attached hydrogens (tertiary/aromatic N) is 3. The van der Waals surface area contributed by atoms with E-state index in [9.17, 15) is 14.0 Å². The predicted octanol–water partition coefficient (Wildman–Crippen LogP) is 5.75. The number of hydrogen-bond acceptors (Lipinski definition) is 7. The Morgan fingerprint density at radius 3 is 2.66 bits per heavy atom. The van der Waals surface area contributed by atoms with E-state index in [0.717, 1.165) is 5.56 Å². The number of piperidine rings is 1. The molecule has 1 amide bonds. The van der Waals surface area contributed by atoms with Crippen LogP contribution in [0.25, 0.3) is 0 Å². The van der Waals surface area contributed by atoms with Crippen LogP contribution in [0.15, 0.2) is 77.6 Å². The van der Waals surface area contributed by atoms with E-state index < -0.39 is 23.3 Å². The lowest BCUT2D eigenvalue weighted by molar-refractivity contribution is -0.142. The van der Waals surface area contributed by atoms with Crippen molar-refractivity contribution in [3.63, 3.8) is 0 Å². The summed E-state index contributed by atoms with van der Waals surface area (Å²) in [5.74, 6) is -1.96. The number of thiol groups is 1. The number of Topliss-reactive ketones (excluding diaryl/α,β-unsaturated/α-hetero) is 1. The van der Waals surface area contributed by atoms with Crippen LogP contribution in [0.3, 0.4) is 0 Å². The summed E-state index contributed by atoms with van der Waals surface area (Å²) in [6.45, 7) is 0. The number of nitrogens with one attached hydrogen (secondary N) is 1. The minimum atomic E-state index is -1.23. The fraction of sp³-hybridized carbons (Fsp3) is 0.120. The number of anilines is 2. The maximum atomic E-state index is 13.7. The van der Waals surface area contributed by atoms with Crippen molar-refractivity contribution in [1.82, 2.24) is 14.3 Å². The van der Waals surface area contributed by atoms with Gasteiger partial charge in [-0.3, -0.25) is 13.9 Å². The number of amides is 1. The molecule has 1 aromatic carbocycles. The molecule has 1 aliphatic rings. The van der Waals surface area contributed by atoms with Crippen LogP contribution in [0.2, 0.25) is 5.02 Å². The number of ketones is 1. The van der Waals surface area contributed by atoms with E-state index in [1.165, 1.54) is 34.0 Å². The lowest BCUT2D eigenvalue weighted by Gasteiger charge is -2.45. The zero-order chi connectivity index (χ0) is 24.6. The van der Waals surface area contributed by atoms with Crippen LogP contribution < -0.4 is 5.32 Å². The number of rotatable bonds is 5. The summed E-state index contributed by atoms with van der Waals surface area (Å²) < 4.78 is 14.5. The second-order valence-corrected chi connectivity index (χ2v) is 9.61. The molecule has 1 N–H and O–H groups in total. The molecule has 3 aromatic heterocycles. The quantitative estimate of drug-likeness (QED) is 0.197. The van der Waals surface area contributed by atoms with Gasteiger partial charge in [0, 0.05) is 11.4 Å². The minimum Gasteiger partial charge on any atom is -0.339 e. The fourth-order valence-corrected chi connectivity index (χ4v) is 5.67. The predicted molar refractivity (Wildman–Crippen MR) is 136 cm³/mol. The molecule has 176 valence electrons. The van der Waals surface area contributed by atoms with Crippen molar-refractivity contribution < 1.29 is 14.0 Å². The average molecular weight is 525 g/mol. The van der Waals surface area contributed by atoms with Gasteiger partial charge in [0.2, 0.25) is 11.9 Å². The van der Waals surface area contributed by atoms with Gasteiger partial charge in [-0.05, 0) is 58.3 Å². The summed E-state index contributed by atoms with van der Waals surface area (Å²) in [6.07, 6.45) is 1.31. The number of benzene rings is 1. The first-order valence-electron chi connectivity index (χ1n) is 10.6. The number of hydrogen-bond donors (Lipinski definition) is 2. The molecule has 5 rings (SSSR count). The lowest BCUT2D eigenvalue weighted by atomic mass is 9.75. The van der Waals surface area contributed by atoms with Gasteiger partial charge in [-0.1, -0.05) is 48.7 Å². The highest BCUT2D eigenvalue weighted by Crippen LogP contribution is 2.48. The summed E-state index contributed by atoms with van der Waals surface area (Å²) in [5, 5.41) is 7.19. The van der Waals surface area contributed by atoms with Crippen LogP contribution in [-0.2, 0) is 15.1 Å².